The van der Waals surface area contributed by atoms with Crippen LogP contribution in [-0.2, 0) is 22.6 Å². The number of carbonyl (C=O) groups is 2. The second kappa shape index (κ2) is 10.5. The first-order chi connectivity index (χ1) is 18.0. The van der Waals surface area contributed by atoms with E-state index in [9.17, 15) is 14.7 Å². The van der Waals surface area contributed by atoms with Crippen LogP contribution >= 0.6 is 0 Å². The molecule has 5 rings (SSSR count). The number of fused-ring (bicyclic) bond motifs is 1. The van der Waals surface area contributed by atoms with E-state index in [0.717, 1.165) is 47.5 Å². The van der Waals surface area contributed by atoms with E-state index in [-0.39, 0.29) is 24.0 Å². The average molecular weight is 498 g/mol. The van der Waals surface area contributed by atoms with Crippen LogP contribution in [0.15, 0.2) is 78.4 Å². The lowest BCUT2D eigenvalue weighted by atomic mass is 9.94. The van der Waals surface area contributed by atoms with Gasteiger partial charge in [-0.25, -0.2) is 0 Å². The lowest BCUT2D eigenvalue weighted by molar-refractivity contribution is -0.140. The molecule has 2 heterocycles. The molecule has 6 nitrogen and oxygen atoms in total. The van der Waals surface area contributed by atoms with E-state index in [1.807, 2.05) is 73.7 Å². The number of Topliss-reactive ketones (excluding diaryl/α,β-unsaturated/α-hetero) is 1. The van der Waals surface area contributed by atoms with Crippen molar-refractivity contribution in [2.75, 3.05) is 6.61 Å². The number of hydrogen-bond donors (Lipinski definition) is 1. The lowest BCUT2D eigenvalue weighted by Crippen LogP contribution is -2.29. The fourth-order valence-corrected chi connectivity index (χ4v) is 4.98. The highest BCUT2D eigenvalue weighted by Gasteiger charge is 2.46. The topological polar surface area (TPSA) is 76.1 Å². The number of carbonyl (C=O) groups excluding carboxylic acids is 2. The Labute approximate surface area is 217 Å². The minimum absolute atomic E-state index is 0.0573. The first-order valence-electron chi connectivity index (χ1n) is 12.8. The molecule has 0 unspecified atom stereocenters. The van der Waals surface area contributed by atoms with E-state index in [2.05, 4.69) is 6.92 Å². The summed E-state index contributed by atoms with van der Waals surface area (Å²) in [6.07, 6.45) is 2.78. The van der Waals surface area contributed by atoms with Crippen molar-refractivity contribution in [1.29, 1.82) is 0 Å². The molecule has 1 amide bonds. The van der Waals surface area contributed by atoms with Gasteiger partial charge >= 0.3 is 0 Å². The fourth-order valence-electron chi connectivity index (χ4n) is 4.98. The molecule has 1 fully saturated rings. The Morgan fingerprint density at radius 3 is 2.54 bits per heavy atom. The maximum absolute atomic E-state index is 13.4. The summed E-state index contributed by atoms with van der Waals surface area (Å²) < 4.78 is 11.6. The Morgan fingerprint density at radius 1 is 1.05 bits per heavy atom. The van der Waals surface area contributed by atoms with Gasteiger partial charge in [-0.2, -0.15) is 0 Å². The maximum Gasteiger partial charge on any atom is 0.295 e. The number of ether oxygens (including phenoxy) is 2. The van der Waals surface area contributed by atoms with Gasteiger partial charge in [0.2, 0.25) is 0 Å². The van der Waals surface area contributed by atoms with Crippen molar-refractivity contribution in [3.8, 4) is 11.5 Å². The third-order valence-electron chi connectivity index (χ3n) is 6.87. The molecule has 0 aromatic heterocycles. The summed E-state index contributed by atoms with van der Waals surface area (Å²) in [6, 6.07) is 21.6. The number of amides is 1. The molecule has 1 N–H and O–H groups in total. The van der Waals surface area contributed by atoms with Gasteiger partial charge in [-0.05, 0) is 60.4 Å². The molecule has 3 aromatic carbocycles. The van der Waals surface area contributed by atoms with E-state index in [1.54, 1.807) is 6.07 Å². The van der Waals surface area contributed by atoms with Crippen LogP contribution in [0.1, 0.15) is 55.0 Å². The Kier molecular flexibility index (Phi) is 6.99. The first-order valence-corrected chi connectivity index (χ1v) is 12.8. The Balaban J connectivity index is 1.56. The highest BCUT2D eigenvalue weighted by atomic mass is 16.5. The van der Waals surface area contributed by atoms with Gasteiger partial charge in [0.05, 0.1) is 18.2 Å². The molecule has 0 bridgehead atoms. The van der Waals surface area contributed by atoms with Crippen molar-refractivity contribution in [2.45, 2.75) is 51.8 Å². The van der Waals surface area contributed by atoms with Crippen molar-refractivity contribution in [3.63, 3.8) is 0 Å². The largest absolute Gasteiger partial charge is 0.507 e. The van der Waals surface area contributed by atoms with Gasteiger partial charge < -0.3 is 19.5 Å². The number of nitrogens with zero attached hydrogens (tertiary/aromatic N) is 1. The highest BCUT2D eigenvalue weighted by Crippen LogP contribution is 2.41. The van der Waals surface area contributed by atoms with E-state index in [0.29, 0.717) is 12.2 Å². The molecule has 1 saturated heterocycles. The second-order valence-electron chi connectivity index (χ2n) is 9.64. The van der Waals surface area contributed by atoms with Crippen LogP contribution in [0.2, 0.25) is 0 Å². The number of ketones is 1. The zero-order valence-corrected chi connectivity index (χ0v) is 21.1. The molecule has 3 aromatic rings. The standard InChI is InChI=1S/C31H31NO5/c1-3-4-16-36-25-13-10-22(11-14-25)28-27(29(33)23-12-15-26-24(18-23)17-20(2)37-26)30(34)31(35)32(28)19-21-8-6-5-7-9-21/h5-15,18,20,28,33H,3-4,16-17,19H2,1-2H3/t20-,28-/m1/s1. The summed E-state index contributed by atoms with van der Waals surface area (Å²) in [5, 5.41) is 11.4. The zero-order valence-electron chi connectivity index (χ0n) is 21.1. The predicted octanol–water partition coefficient (Wildman–Crippen LogP) is 5.81. The number of aliphatic hydroxyl groups excluding tert-OH is 1. The third kappa shape index (κ3) is 4.96. The molecule has 2 aliphatic rings. The smallest absolute Gasteiger partial charge is 0.295 e. The van der Waals surface area contributed by atoms with Crippen LogP contribution in [-0.4, -0.2) is 34.4 Å². The van der Waals surface area contributed by atoms with Crippen LogP contribution in [0.3, 0.4) is 0 Å². The summed E-state index contributed by atoms with van der Waals surface area (Å²) in [5.74, 6) is 0.0156. The lowest BCUT2D eigenvalue weighted by Gasteiger charge is -2.25. The Morgan fingerprint density at radius 2 is 1.81 bits per heavy atom. The summed E-state index contributed by atoms with van der Waals surface area (Å²) >= 11 is 0. The van der Waals surface area contributed by atoms with Gasteiger partial charge in [-0.1, -0.05) is 55.8 Å². The summed E-state index contributed by atoms with van der Waals surface area (Å²) in [6.45, 7) is 4.97. The third-order valence-corrected chi connectivity index (χ3v) is 6.87. The molecule has 6 heteroatoms. The second-order valence-corrected chi connectivity index (χ2v) is 9.64. The van der Waals surface area contributed by atoms with E-state index in [1.165, 1.54) is 4.90 Å². The van der Waals surface area contributed by atoms with E-state index >= 15 is 0 Å². The molecule has 0 spiro atoms. The first kappa shape index (κ1) is 24.6. The number of hydrogen-bond acceptors (Lipinski definition) is 5. The van der Waals surface area contributed by atoms with Crippen LogP contribution in [0, 0.1) is 0 Å². The molecular weight excluding hydrogens is 466 g/mol. The van der Waals surface area contributed by atoms with Gasteiger partial charge in [-0.3, -0.25) is 9.59 Å². The van der Waals surface area contributed by atoms with Crippen LogP contribution in [0.5, 0.6) is 11.5 Å². The van der Waals surface area contributed by atoms with Gasteiger partial charge in [0, 0.05) is 18.5 Å². The molecule has 2 aliphatic heterocycles. The van der Waals surface area contributed by atoms with Gasteiger partial charge in [0.25, 0.3) is 11.7 Å². The average Bonchev–Trinajstić information content (AvgIpc) is 3.40. The fraction of sp³-hybridized carbons (Fsp3) is 0.290. The number of likely N-dealkylation sites (tertiary alicyclic amines) is 1. The SMILES string of the molecule is CCCCOc1ccc([C@@H]2C(=C(O)c3ccc4c(c3)C[C@@H](C)O4)C(=O)C(=O)N2Cc2ccccc2)cc1. The Bertz CT molecular complexity index is 1330. The normalized spacial score (nSPS) is 20.1. The molecule has 37 heavy (non-hydrogen) atoms. The number of rotatable bonds is 8. The van der Waals surface area contributed by atoms with Gasteiger partial charge in [0.1, 0.15) is 23.4 Å². The minimum Gasteiger partial charge on any atom is -0.507 e. The van der Waals surface area contributed by atoms with Crippen molar-refractivity contribution in [1.82, 2.24) is 4.90 Å². The van der Waals surface area contributed by atoms with Crippen LogP contribution in [0.4, 0.5) is 0 Å². The van der Waals surface area contributed by atoms with Crippen LogP contribution < -0.4 is 9.47 Å². The molecule has 0 radical (unpaired) electrons. The highest BCUT2D eigenvalue weighted by molar-refractivity contribution is 6.46. The van der Waals surface area contributed by atoms with E-state index in [4.69, 9.17) is 9.47 Å². The van der Waals surface area contributed by atoms with Crippen molar-refractivity contribution < 1.29 is 24.2 Å². The van der Waals surface area contributed by atoms with Crippen molar-refractivity contribution >= 4 is 17.4 Å². The molecule has 2 atom stereocenters. The maximum atomic E-state index is 13.4. The van der Waals surface area contributed by atoms with Crippen molar-refractivity contribution in [2.24, 2.45) is 0 Å². The van der Waals surface area contributed by atoms with Gasteiger partial charge in [0.15, 0.2) is 0 Å². The molecule has 0 saturated carbocycles. The summed E-state index contributed by atoms with van der Waals surface area (Å²) in [4.78, 5) is 28.2. The quantitative estimate of drug-likeness (QED) is 0.184. The molecular formula is C31H31NO5. The minimum atomic E-state index is -0.728. The molecule has 190 valence electrons. The van der Waals surface area contributed by atoms with Gasteiger partial charge in [-0.15, -0.1) is 0 Å². The summed E-state index contributed by atoms with van der Waals surface area (Å²) in [7, 11) is 0. The summed E-state index contributed by atoms with van der Waals surface area (Å²) in [5.41, 5.74) is 3.20. The molecule has 0 aliphatic carbocycles. The zero-order chi connectivity index (χ0) is 25.9. The van der Waals surface area contributed by atoms with E-state index < -0.39 is 17.7 Å². The predicted molar refractivity (Wildman–Crippen MR) is 141 cm³/mol. The number of aliphatic hydroxyl groups is 1. The monoisotopic (exact) mass is 497 g/mol. The van der Waals surface area contributed by atoms with Crippen molar-refractivity contribution in [3.05, 3.63) is 101 Å². The Hall–Kier alpha value is -4.06. The number of benzene rings is 3. The number of unbranched alkanes of at least 4 members (excludes halogenated alkanes) is 1. The van der Waals surface area contributed by atoms with Crippen LogP contribution in [0.25, 0.3) is 5.76 Å².